The molecule has 1 atom stereocenters. The zero-order valence-corrected chi connectivity index (χ0v) is 17.6. The number of nitriles is 1. The molecule has 0 amide bonds. The number of aromatic nitrogens is 2. The Labute approximate surface area is 176 Å². The van der Waals surface area contributed by atoms with Crippen LogP contribution < -0.4 is 15.8 Å². The number of benzene rings is 1. The van der Waals surface area contributed by atoms with Crippen molar-refractivity contribution in [3.05, 3.63) is 63.6 Å². The summed E-state index contributed by atoms with van der Waals surface area (Å²) in [5, 5.41) is 22.5. The van der Waals surface area contributed by atoms with Crippen LogP contribution in [0.1, 0.15) is 30.7 Å². The van der Waals surface area contributed by atoms with Gasteiger partial charge in [-0.1, -0.05) is 18.7 Å². The normalized spacial score (nSPS) is 17.7. The van der Waals surface area contributed by atoms with E-state index in [9.17, 15) is 4.39 Å². The molecule has 1 saturated heterocycles. The molecular weight excluding hydrogens is 381 g/mol. The Balaban J connectivity index is 1.96. The monoisotopic (exact) mass is 407 g/mol. The molecule has 1 fully saturated rings. The fourth-order valence-corrected chi connectivity index (χ4v) is 3.54. The molecule has 1 aliphatic heterocycles. The minimum absolute atomic E-state index is 0.222. The summed E-state index contributed by atoms with van der Waals surface area (Å²) in [6.45, 7) is 12.5. The number of ether oxygens (including phenoxy) is 1. The van der Waals surface area contributed by atoms with Crippen LogP contribution in [0.15, 0.2) is 30.5 Å². The van der Waals surface area contributed by atoms with Crippen molar-refractivity contribution in [2.75, 3.05) is 25.1 Å². The highest BCUT2D eigenvalue weighted by molar-refractivity contribution is 5.54. The molecule has 1 aliphatic rings. The van der Waals surface area contributed by atoms with E-state index < -0.39 is 5.82 Å². The minimum atomic E-state index is -0.430. The quantitative estimate of drug-likeness (QED) is 0.819. The van der Waals surface area contributed by atoms with Crippen molar-refractivity contribution >= 4 is 18.0 Å². The fourth-order valence-electron chi connectivity index (χ4n) is 3.54. The number of hydrogen-bond acceptors (Lipinski definition) is 6. The lowest BCUT2D eigenvalue weighted by molar-refractivity contribution is 0.0199. The van der Waals surface area contributed by atoms with Gasteiger partial charge in [0.15, 0.2) is 5.82 Å². The first-order valence-corrected chi connectivity index (χ1v) is 9.91. The van der Waals surface area contributed by atoms with Gasteiger partial charge in [0.05, 0.1) is 30.5 Å². The molecule has 6 nitrogen and oxygen atoms in total. The van der Waals surface area contributed by atoms with Gasteiger partial charge in [-0.2, -0.15) is 10.4 Å². The first-order chi connectivity index (χ1) is 14.4. The van der Waals surface area contributed by atoms with Crippen LogP contribution in [0, 0.1) is 24.1 Å². The van der Waals surface area contributed by atoms with E-state index in [1.165, 1.54) is 6.07 Å². The predicted molar refractivity (Wildman–Crippen MR) is 115 cm³/mol. The number of halogens is 1. The average Bonchev–Trinajstić information content (AvgIpc) is 2.74. The van der Waals surface area contributed by atoms with E-state index in [0.29, 0.717) is 30.2 Å². The van der Waals surface area contributed by atoms with E-state index in [2.05, 4.69) is 33.9 Å². The molecule has 0 aliphatic carbocycles. The molecule has 1 aromatic carbocycles. The maximum atomic E-state index is 14.3. The van der Waals surface area contributed by atoms with Crippen LogP contribution in [0.4, 0.5) is 10.2 Å². The maximum Gasteiger partial charge on any atom is 0.156 e. The summed E-state index contributed by atoms with van der Waals surface area (Å²) in [6, 6.07) is 6.61. The van der Waals surface area contributed by atoms with Crippen molar-refractivity contribution in [3.63, 3.8) is 0 Å². The zero-order valence-electron chi connectivity index (χ0n) is 17.6. The van der Waals surface area contributed by atoms with Crippen molar-refractivity contribution in [2.24, 2.45) is 0 Å². The summed E-state index contributed by atoms with van der Waals surface area (Å²) in [6.07, 6.45) is 3.98. The Morgan fingerprint density at radius 3 is 2.90 bits per heavy atom. The lowest BCUT2D eigenvalue weighted by Gasteiger charge is -2.35. The molecule has 0 spiro atoms. The van der Waals surface area contributed by atoms with Crippen LogP contribution in [-0.2, 0) is 11.3 Å². The standard InChI is InChI=1S/C23H26FN5O/c1-5-20-17(4)27-28-23(26-13-19-7-6-18(12-25)11-22(19)24)21(20)10-15(2)29-8-9-30-14-16(29)3/h5-7,10-11,16H,2,8-9,13-14H2,1,3-4H3,(H,26,28)/b20-5-,21-10+/t16-/m1/s1. The summed E-state index contributed by atoms with van der Waals surface area (Å²) in [7, 11) is 0. The van der Waals surface area contributed by atoms with Crippen molar-refractivity contribution in [1.29, 1.82) is 5.26 Å². The molecule has 0 unspecified atom stereocenters. The number of allylic oxidation sites excluding steroid dienone is 1. The molecule has 2 aromatic rings. The summed E-state index contributed by atoms with van der Waals surface area (Å²) in [5.41, 5.74) is 2.42. The molecule has 1 aromatic heterocycles. The summed E-state index contributed by atoms with van der Waals surface area (Å²) >= 11 is 0. The van der Waals surface area contributed by atoms with Gasteiger partial charge in [0.25, 0.3) is 0 Å². The topological polar surface area (TPSA) is 74.1 Å². The van der Waals surface area contributed by atoms with Crippen LogP contribution >= 0.6 is 0 Å². The lowest BCUT2D eigenvalue weighted by atomic mass is 10.1. The largest absolute Gasteiger partial charge is 0.377 e. The molecule has 0 saturated carbocycles. The van der Waals surface area contributed by atoms with Gasteiger partial charge in [0, 0.05) is 40.8 Å². The number of nitrogens with zero attached hydrogens (tertiary/aromatic N) is 4. The van der Waals surface area contributed by atoms with Crippen LogP contribution in [-0.4, -0.2) is 40.9 Å². The van der Waals surface area contributed by atoms with Gasteiger partial charge in [-0.05, 0) is 39.0 Å². The van der Waals surface area contributed by atoms with Crippen LogP contribution in [0.3, 0.4) is 0 Å². The van der Waals surface area contributed by atoms with Crippen LogP contribution in [0.2, 0.25) is 0 Å². The highest BCUT2D eigenvalue weighted by atomic mass is 19.1. The van der Waals surface area contributed by atoms with E-state index in [-0.39, 0.29) is 12.6 Å². The molecule has 30 heavy (non-hydrogen) atoms. The van der Waals surface area contributed by atoms with Gasteiger partial charge in [-0.25, -0.2) is 4.39 Å². The van der Waals surface area contributed by atoms with Gasteiger partial charge < -0.3 is 15.0 Å². The Hall–Kier alpha value is -3.24. The molecule has 1 N–H and O–H groups in total. The SMILES string of the molecule is C=C(/C=c1/c(NCc2ccc(C#N)cc2F)nnc(C)/c1=C/C)N1CCOC[C@H]1C. The van der Waals surface area contributed by atoms with E-state index in [1.54, 1.807) is 12.1 Å². The number of rotatable bonds is 5. The first kappa shape index (κ1) is 21.5. The van der Waals surface area contributed by atoms with E-state index in [1.807, 2.05) is 32.1 Å². The van der Waals surface area contributed by atoms with Gasteiger partial charge in [-0.15, -0.1) is 5.10 Å². The number of aryl methyl sites for hydroxylation is 1. The van der Waals surface area contributed by atoms with Crippen LogP contribution in [0.5, 0.6) is 0 Å². The van der Waals surface area contributed by atoms with E-state index >= 15 is 0 Å². The Morgan fingerprint density at radius 2 is 2.23 bits per heavy atom. The number of anilines is 1. The van der Waals surface area contributed by atoms with E-state index in [4.69, 9.17) is 10.00 Å². The predicted octanol–water partition coefficient (Wildman–Crippen LogP) is 2.22. The van der Waals surface area contributed by atoms with Gasteiger partial charge in [-0.3, -0.25) is 0 Å². The molecule has 7 heteroatoms. The molecule has 0 bridgehead atoms. The number of morpholine rings is 1. The van der Waals surface area contributed by atoms with Crippen molar-refractivity contribution in [2.45, 2.75) is 33.4 Å². The summed E-state index contributed by atoms with van der Waals surface area (Å²) in [4.78, 5) is 2.21. The van der Waals surface area contributed by atoms with Crippen molar-refractivity contribution in [1.82, 2.24) is 15.1 Å². The Morgan fingerprint density at radius 1 is 1.43 bits per heavy atom. The second-order valence-electron chi connectivity index (χ2n) is 7.27. The second kappa shape index (κ2) is 9.51. The van der Waals surface area contributed by atoms with Crippen LogP contribution in [0.25, 0.3) is 12.2 Å². The van der Waals surface area contributed by atoms with Gasteiger partial charge >= 0.3 is 0 Å². The molecule has 0 radical (unpaired) electrons. The van der Waals surface area contributed by atoms with E-state index in [0.717, 1.165) is 28.4 Å². The number of nitrogens with one attached hydrogen (secondary N) is 1. The first-order valence-electron chi connectivity index (χ1n) is 9.91. The highest BCUT2D eigenvalue weighted by Gasteiger charge is 2.19. The molecule has 156 valence electrons. The molecular formula is C23H26FN5O. The van der Waals surface area contributed by atoms with Gasteiger partial charge in [0.2, 0.25) is 0 Å². The van der Waals surface area contributed by atoms with Gasteiger partial charge in [0.1, 0.15) is 5.82 Å². The molecule has 3 rings (SSSR count). The lowest BCUT2D eigenvalue weighted by Crippen LogP contribution is -2.43. The number of hydrogen-bond donors (Lipinski definition) is 1. The second-order valence-corrected chi connectivity index (χ2v) is 7.27. The third-order valence-electron chi connectivity index (χ3n) is 5.20. The maximum absolute atomic E-state index is 14.3. The average molecular weight is 407 g/mol. The van der Waals surface area contributed by atoms with Crippen molar-refractivity contribution in [3.8, 4) is 6.07 Å². The smallest absolute Gasteiger partial charge is 0.156 e. The summed E-state index contributed by atoms with van der Waals surface area (Å²) < 4.78 is 19.8. The highest BCUT2D eigenvalue weighted by Crippen LogP contribution is 2.14. The fraction of sp³-hybridized carbons (Fsp3) is 0.348. The third kappa shape index (κ3) is 4.66. The molecule has 2 heterocycles. The minimum Gasteiger partial charge on any atom is -0.377 e. The zero-order chi connectivity index (χ0) is 21.7. The Kier molecular flexibility index (Phi) is 6.80. The van der Waals surface area contributed by atoms with Crippen molar-refractivity contribution < 1.29 is 9.13 Å². The Bertz CT molecular complexity index is 1110. The third-order valence-corrected chi connectivity index (χ3v) is 5.20. The summed E-state index contributed by atoms with van der Waals surface area (Å²) in [5.74, 6) is 0.125.